The zero-order valence-corrected chi connectivity index (χ0v) is 20.9. The van der Waals surface area contributed by atoms with E-state index in [4.69, 9.17) is 4.74 Å². The molecule has 1 aromatic carbocycles. The Morgan fingerprint density at radius 2 is 2.03 bits per heavy atom. The summed E-state index contributed by atoms with van der Waals surface area (Å²) >= 11 is 0. The number of hydrogen-bond acceptors (Lipinski definition) is 5. The zero-order valence-electron chi connectivity index (χ0n) is 20.1. The molecule has 1 aromatic rings. The fourth-order valence-electron chi connectivity index (χ4n) is 4.43. The highest BCUT2D eigenvalue weighted by Crippen LogP contribution is 2.34. The van der Waals surface area contributed by atoms with Crippen LogP contribution in [0.25, 0.3) is 0 Å². The van der Waals surface area contributed by atoms with E-state index < -0.39 is 22.2 Å². The Kier molecular flexibility index (Phi) is 8.43. The maximum atomic E-state index is 13.5. The van der Waals surface area contributed by atoms with Crippen LogP contribution in [0.15, 0.2) is 23.1 Å². The molecule has 182 valence electrons. The molecule has 1 N–H and O–H groups in total. The summed E-state index contributed by atoms with van der Waals surface area (Å²) in [5.41, 5.74) is 0.704. The molecule has 0 saturated heterocycles. The van der Waals surface area contributed by atoms with Crippen LogP contribution in [-0.2, 0) is 14.8 Å². The first-order valence-corrected chi connectivity index (χ1v) is 13.2. The van der Waals surface area contributed by atoms with Crippen molar-refractivity contribution in [3.05, 3.63) is 23.8 Å². The molecule has 1 heterocycles. The van der Waals surface area contributed by atoms with Crippen LogP contribution < -0.4 is 4.74 Å². The molecule has 1 aliphatic carbocycles. The highest BCUT2D eigenvalue weighted by atomic mass is 32.2. The number of amides is 1. The molecule has 0 bridgehead atoms. The maximum absolute atomic E-state index is 13.5. The Morgan fingerprint density at radius 1 is 1.33 bits per heavy atom. The van der Waals surface area contributed by atoms with Crippen LogP contribution in [0.4, 0.5) is 0 Å². The van der Waals surface area contributed by atoms with E-state index in [1.165, 1.54) is 36.9 Å². The van der Waals surface area contributed by atoms with E-state index in [9.17, 15) is 18.3 Å². The normalized spacial score (nSPS) is 23.9. The SMILES string of the molecule is CC(=O)N(C)C[C@@H]1Oc2cc(C#CCC3CCCC3)ccc2S(=O)(=O)N([C@@H](C)CO)C[C@@H]1C. The summed E-state index contributed by atoms with van der Waals surface area (Å²) in [6.07, 6.45) is 5.43. The fraction of sp³-hybridized carbons (Fsp3) is 0.640. The van der Waals surface area contributed by atoms with Gasteiger partial charge in [0.25, 0.3) is 0 Å². The average molecular weight is 477 g/mol. The summed E-state index contributed by atoms with van der Waals surface area (Å²) in [6.45, 7) is 5.31. The predicted molar refractivity (Wildman–Crippen MR) is 127 cm³/mol. The van der Waals surface area contributed by atoms with Gasteiger partial charge in [-0.3, -0.25) is 4.79 Å². The van der Waals surface area contributed by atoms with Gasteiger partial charge in [0, 0.05) is 44.5 Å². The van der Waals surface area contributed by atoms with Gasteiger partial charge >= 0.3 is 0 Å². The van der Waals surface area contributed by atoms with Gasteiger partial charge < -0.3 is 14.7 Å². The van der Waals surface area contributed by atoms with E-state index in [1.807, 2.05) is 6.92 Å². The van der Waals surface area contributed by atoms with Crippen molar-refractivity contribution in [2.75, 3.05) is 26.7 Å². The van der Waals surface area contributed by atoms with E-state index in [2.05, 4.69) is 11.8 Å². The van der Waals surface area contributed by atoms with Gasteiger partial charge in [0.15, 0.2) is 0 Å². The minimum absolute atomic E-state index is 0.0616. The van der Waals surface area contributed by atoms with Crippen molar-refractivity contribution >= 4 is 15.9 Å². The molecule has 33 heavy (non-hydrogen) atoms. The van der Waals surface area contributed by atoms with E-state index in [0.717, 1.165) is 6.42 Å². The van der Waals surface area contributed by atoms with Gasteiger partial charge in [0.1, 0.15) is 16.7 Å². The lowest BCUT2D eigenvalue weighted by Gasteiger charge is -2.37. The van der Waals surface area contributed by atoms with Crippen molar-refractivity contribution in [1.29, 1.82) is 0 Å². The molecule has 2 aliphatic rings. The third kappa shape index (κ3) is 6.08. The molecular weight excluding hydrogens is 440 g/mol. The number of aliphatic hydroxyl groups is 1. The Balaban J connectivity index is 1.98. The molecular formula is C25H36N2O5S. The maximum Gasteiger partial charge on any atom is 0.247 e. The number of carbonyl (C=O) groups excluding carboxylic acids is 1. The standard InChI is InChI=1S/C25H36N2O5S/c1-18-15-27(19(2)17-28)33(30,31)25-13-12-22(11-7-10-21-8-5-6-9-21)14-23(25)32-24(18)16-26(4)20(3)29/h12-14,18-19,21,24,28H,5-6,8-10,15-17H2,1-4H3/t18-,19-,24-/m0/s1. The van der Waals surface area contributed by atoms with Crippen LogP contribution in [0.2, 0.25) is 0 Å². The smallest absolute Gasteiger partial charge is 0.247 e. The number of ether oxygens (including phenoxy) is 1. The molecule has 0 unspecified atom stereocenters. The molecule has 1 aliphatic heterocycles. The second kappa shape index (κ2) is 10.9. The van der Waals surface area contributed by atoms with E-state index in [0.29, 0.717) is 18.0 Å². The summed E-state index contributed by atoms with van der Waals surface area (Å²) in [7, 11) is -2.18. The van der Waals surface area contributed by atoms with Gasteiger partial charge in [-0.25, -0.2) is 8.42 Å². The zero-order chi connectivity index (χ0) is 24.2. The number of benzene rings is 1. The van der Waals surface area contributed by atoms with Crippen molar-refractivity contribution in [3.8, 4) is 17.6 Å². The Labute approximate surface area is 198 Å². The Hall–Kier alpha value is -2.08. The molecule has 1 amide bonds. The minimum atomic E-state index is -3.89. The van der Waals surface area contributed by atoms with Crippen LogP contribution in [0.5, 0.6) is 5.75 Å². The predicted octanol–water partition coefficient (Wildman–Crippen LogP) is 2.87. The number of sulfonamides is 1. The van der Waals surface area contributed by atoms with Crippen LogP contribution >= 0.6 is 0 Å². The number of hydrogen-bond donors (Lipinski definition) is 1. The molecule has 7 nitrogen and oxygen atoms in total. The molecule has 0 aromatic heterocycles. The lowest BCUT2D eigenvalue weighted by Crippen LogP contribution is -2.50. The van der Waals surface area contributed by atoms with Gasteiger partial charge in [-0.1, -0.05) is 31.6 Å². The van der Waals surface area contributed by atoms with Crippen molar-refractivity contribution < 1.29 is 23.1 Å². The number of rotatable bonds is 5. The van der Waals surface area contributed by atoms with Crippen molar-refractivity contribution in [2.45, 2.75) is 69.9 Å². The van der Waals surface area contributed by atoms with Crippen molar-refractivity contribution in [3.63, 3.8) is 0 Å². The molecule has 0 spiro atoms. The number of fused-ring (bicyclic) bond motifs is 1. The topological polar surface area (TPSA) is 87.2 Å². The minimum Gasteiger partial charge on any atom is -0.487 e. The largest absolute Gasteiger partial charge is 0.487 e. The van der Waals surface area contributed by atoms with E-state index in [-0.39, 0.29) is 35.6 Å². The van der Waals surface area contributed by atoms with Crippen LogP contribution in [0, 0.1) is 23.7 Å². The fourth-order valence-corrected chi connectivity index (χ4v) is 6.26. The number of nitrogens with zero attached hydrogens (tertiary/aromatic N) is 2. The first kappa shape index (κ1) is 25.5. The monoisotopic (exact) mass is 476 g/mol. The summed E-state index contributed by atoms with van der Waals surface area (Å²) in [6, 6.07) is 4.36. The lowest BCUT2D eigenvalue weighted by molar-refractivity contribution is -0.129. The van der Waals surface area contributed by atoms with Gasteiger partial charge in [-0.05, 0) is 43.9 Å². The Bertz CT molecular complexity index is 1010. The lowest BCUT2D eigenvalue weighted by atomic mass is 10.0. The van der Waals surface area contributed by atoms with Gasteiger partial charge in [0.05, 0.1) is 13.2 Å². The van der Waals surface area contributed by atoms with Gasteiger partial charge in [0.2, 0.25) is 15.9 Å². The van der Waals surface area contributed by atoms with Crippen molar-refractivity contribution in [1.82, 2.24) is 9.21 Å². The third-order valence-corrected chi connectivity index (χ3v) is 8.78. The number of aliphatic hydroxyl groups excluding tert-OH is 1. The molecule has 1 fully saturated rings. The molecule has 0 radical (unpaired) electrons. The molecule has 3 rings (SSSR count). The second-order valence-corrected chi connectivity index (χ2v) is 11.3. The first-order valence-electron chi connectivity index (χ1n) is 11.8. The highest BCUT2D eigenvalue weighted by Gasteiger charge is 2.38. The second-order valence-electron chi connectivity index (χ2n) is 9.46. The number of carbonyl (C=O) groups is 1. The Morgan fingerprint density at radius 3 is 2.67 bits per heavy atom. The molecule has 3 atom stereocenters. The van der Waals surface area contributed by atoms with Gasteiger partial charge in [-0.2, -0.15) is 4.31 Å². The molecule has 1 saturated carbocycles. The summed E-state index contributed by atoms with van der Waals surface area (Å²) in [5.74, 6) is 7.02. The van der Waals surface area contributed by atoms with E-state index >= 15 is 0 Å². The highest BCUT2D eigenvalue weighted by molar-refractivity contribution is 7.89. The average Bonchev–Trinajstić information content (AvgIpc) is 3.29. The van der Waals surface area contributed by atoms with Crippen LogP contribution in [-0.4, -0.2) is 67.5 Å². The summed E-state index contributed by atoms with van der Waals surface area (Å²) < 4.78 is 34.6. The third-order valence-electron chi connectivity index (χ3n) is 6.76. The number of likely N-dealkylation sites (N-methyl/N-ethyl adjacent to an activating group) is 1. The van der Waals surface area contributed by atoms with E-state index in [1.54, 1.807) is 37.1 Å². The van der Waals surface area contributed by atoms with Crippen LogP contribution in [0.1, 0.15) is 58.4 Å². The quantitative estimate of drug-likeness (QED) is 0.661. The van der Waals surface area contributed by atoms with Crippen LogP contribution in [0.3, 0.4) is 0 Å². The van der Waals surface area contributed by atoms with Crippen molar-refractivity contribution in [2.24, 2.45) is 11.8 Å². The first-order chi connectivity index (χ1) is 15.6. The summed E-state index contributed by atoms with van der Waals surface area (Å²) in [4.78, 5) is 13.5. The molecule has 8 heteroatoms. The van der Waals surface area contributed by atoms with Gasteiger partial charge in [-0.15, -0.1) is 0 Å². The summed E-state index contributed by atoms with van der Waals surface area (Å²) in [5, 5.41) is 9.72.